The number of hydrogen-bond donors (Lipinski definition) is 2. The number of benzene rings is 2. The normalized spacial score (nSPS) is 24.7. The van der Waals surface area contributed by atoms with E-state index in [4.69, 9.17) is 0 Å². The summed E-state index contributed by atoms with van der Waals surface area (Å²) >= 11 is 0. The predicted octanol–water partition coefficient (Wildman–Crippen LogP) is 4.22. The summed E-state index contributed by atoms with van der Waals surface area (Å²) in [6, 6.07) is 22.5. The lowest BCUT2D eigenvalue weighted by Crippen LogP contribution is -2.48. The summed E-state index contributed by atoms with van der Waals surface area (Å²) in [6.07, 6.45) is 6.14. The van der Waals surface area contributed by atoms with Crippen molar-refractivity contribution < 1.29 is 4.79 Å². The zero-order chi connectivity index (χ0) is 17.8. The van der Waals surface area contributed by atoms with Crippen LogP contribution in [-0.4, -0.2) is 24.0 Å². The molecule has 3 atom stereocenters. The van der Waals surface area contributed by atoms with Crippen LogP contribution in [0, 0.1) is 0 Å². The Morgan fingerprint density at radius 3 is 2.19 bits per heavy atom. The lowest BCUT2D eigenvalue weighted by Gasteiger charge is -2.30. The molecule has 0 spiro atoms. The van der Waals surface area contributed by atoms with E-state index in [-0.39, 0.29) is 24.2 Å². The Kier molecular flexibility index (Phi) is 6.92. The minimum atomic E-state index is 0. The van der Waals surface area contributed by atoms with E-state index in [1.54, 1.807) is 0 Å². The molecule has 4 heteroatoms. The number of nitrogens with one attached hydrogen (secondary N) is 2. The molecule has 2 heterocycles. The third-order valence-corrected chi connectivity index (χ3v) is 5.87. The third-order valence-electron chi connectivity index (χ3n) is 5.87. The highest BCUT2D eigenvalue weighted by atomic mass is 35.5. The van der Waals surface area contributed by atoms with Crippen LogP contribution < -0.4 is 10.6 Å². The fourth-order valence-electron chi connectivity index (χ4n) is 4.62. The Morgan fingerprint density at radius 1 is 0.963 bits per heavy atom. The van der Waals surface area contributed by atoms with Gasteiger partial charge < -0.3 is 10.6 Å². The summed E-state index contributed by atoms with van der Waals surface area (Å²) in [7, 11) is 0. The summed E-state index contributed by atoms with van der Waals surface area (Å²) in [5.74, 6) is 0.415. The van der Waals surface area contributed by atoms with Crippen LogP contribution in [0.15, 0.2) is 60.7 Å². The molecule has 2 bridgehead atoms. The largest absolute Gasteiger partial charge is 0.353 e. The minimum Gasteiger partial charge on any atom is -0.353 e. The standard InChI is InChI=1S/C23H28N2O.ClH/c26-23(25-22-15-20-11-12-21(16-22)24-20)14-19(18-9-5-2-6-10-18)13-17-7-3-1-4-8-17;/h1-10,19-22,24H,11-16H2,(H,25,26);1H. The maximum atomic E-state index is 12.8. The van der Waals surface area contributed by atoms with Gasteiger partial charge in [-0.25, -0.2) is 0 Å². The first-order valence-electron chi connectivity index (χ1n) is 9.90. The van der Waals surface area contributed by atoms with E-state index in [1.165, 1.54) is 24.0 Å². The van der Waals surface area contributed by atoms with Crippen LogP contribution in [0.3, 0.4) is 0 Å². The topological polar surface area (TPSA) is 41.1 Å². The second-order valence-electron chi connectivity index (χ2n) is 7.88. The number of carbonyl (C=O) groups excluding carboxylic acids is 1. The SMILES string of the molecule is Cl.O=C(CC(Cc1ccccc1)c1ccccc1)NC1CC2CCC(C1)N2. The molecule has 2 aliphatic heterocycles. The molecule has 144 valence electrons. The second-order valence-corrected chi connectivity index (χ2v) is 7.88. The molecule has 2 N–H and O–H groups in total. The molecule has 2 saturated heterocycles. The molecule has 0 aromatic heterocycles. The van der Waals surface area contributed by atoms with Crippen molar-refractivity contribution in [1.82, 2.24) is 10.6 Å². The molecule has 2 fully saturated rings. The van der Waals surface area contributed by atoms with Crippen LogP contribution in [0.5, 0.6) is 0 Å². The number of carbonyl (C=O) groups is 1. The van der Waals surface area contributed by atoms with Gasteiger partial charge in [0.2, 0.25) is 5.91 Å². The van der Waals surface area contributed by atoms with Crippen LogP contribution in [-0.2, 0) is 11.2 Å². The van der Waals surface area contributed by atoms with Gasteiger partial charge in [0.1, 0.15) is 0 Å². The highest BCUT2D eigenvalue weighted by Gasteiger charge is 2.34. The van der Waals surface area contributed by atoms with Gasteiger partial charge in [-0.2, -0.15) is 0 Å². The van der Waals surface area contributed by atoms with Gasteiger partial charge in [0, 0.05) is 24.5 Å². The van der Waals surface area contributed by atoms with Gasteiger partial charge >= 0.3 is 0 Å². The van der Waals surface area contributed by atoms with E-state index in [2.05, 4.69) is 59.2 Å². The minimum absolute atomic E-state index is 0. The Labute approximate surface area is 168 Å². The van der Waals surface area contributed by atoms with Crippen LogP contribution in [0.2, 0.25) is 0 Å². The van der Waals surface area contributed by atoms with E-state index >= 15 is 0 Å². The van der Waals surface area contributed by atoms with E-state index in [1.807, 2.05) is 12.1 Å². The first kappa shape index (κ1) is 19.9. The van der Waals surface area contributed by atoms with E-state index < -0.39 is 0 Å². The number of hydrogen-bond acceptors (Lipinski definition) is 2. The summed E-state index contributed by atoms with van der Waals surface area (Å²) < 4.78 is 0. The highest BCUT2D eigenvalue weighted by Crippen LogP contribution is 2.28. The third kappa shape index (κ3) is 5.33. The maximum absolute atomic E-state index is 12.8. The molecule has 2 aliphatic rings. The lowest BCUT2D eigenvalue weighted by molar-refractivity contribution is -0.122. The Bertz CT molecular complexity index is 710. The second kappa shape index (κ2) is 9.38. The quantitative estimate of drug-likeness (QED) is 0.782. The van der Waals surface area contributed by atoms with E-state index in [0.717, 1.165) is 19.3 Å². The van der Waals surface area contributed by atoms with Crippen LogP contribution >= 0.6 is 12.4 Å². The number of fused-ring (bicyclic) bond motifs is 2. The lowest BCUT2D eigenvalue weighted by atomic mass is 9.88. The smallest absolute Gasteiger partial charge is 0.220 e. The average molecular weight is 385 g/mol. The highest BCUT2D eigenvalue weighted by molar-refractivity contribution is 5.85. The summed E-state index contributed by atoms with van der Waals surface area (Å²) in [4.78, 5) is 12.8. The molecule has 27 heavy (non-hydrogen) atoms. The average Bonchev–Trinajstić information content (AvgIpc) is 3.01. The molecule has 3 unspecified atom stereocenters. The first-order chi connectivity index (χ1) is 12.8. The number of piperidine rings is 1. The summed E-state index contributed by atoms with van der Waals surface area (Å²) in [6.45, 7) is 0. The van der Waals surface area contributed by atoms with Crippen molar-refractivity contribution in [2.24, 2.45) is 0 Å². The van der Waals surface area contributed by atoms with Crippen molar-refractivity contribution in [2.45, 2.75) is 62.6 Å². The molecule has 2 aromatic rings. The molecular weight excluding hydrogens is 356 g/mol. The van der Waals surface area contributed by atoms with Gasteiger partial charge in [0.05, 0.1) is 0 Å². The Morgan fingerprint density at radius 2 is 1.56 bits per heavy atom. The van der Waals surface area contributed by atoms with Gasteiger partial charge in [0.15, 0.2) is 0 Å². The molecule has 0 aliphatic carbocycles. The number of rotatable bonds is 6. The van der Waals surface area contributed by atoms with Gasteiger partial charge in [-0.3, -0.25) is 4.79 Å². The van der Waals surface area contributed by atoms with Crippen LogP contribution in [0.4, 0.5) is 0 Å². The van der Waals surface area contributed by atoms with Crippen molar-refractivity contribution in [3.63, 3.8) is 0 Å². The predicted molar refractivity (Wildman–Crippen MR) is 112 cm³/mol. The van der Waals surface area contributed by atoms with Crippen molar-refractivity contribution >= 4 is 18.3 Å². The first-order valence-corrected chi connectivity index (χ1v) is 9.90. The van der Waals surface area contributed by atoms with Gasteiger partial charge in [-0.15, -0.1) is 12.4 Å². The zero-order valence-electron chi connectivity index (χ0n) is 15.6. The summed E-state index contributed by atoms with van der Waals surface area (Å²) in [5, 5.41) is 6.97. The maximum Gasteiger partial charge on any atom is 0.220 e. The molecule has 2 aromatic carbocycles. The molecule has 4 rings (SSSR count). The van der Waals surface area contributed by atoms with E-state index in [0.29, 0.717) is 24.5 Å². The van der Waals surface area contributed by atoms with Crippen LogP contribution in [0.1, 0.15) is 49.1 Å². The molecule has 3 nitrogen and oxygen atoms in total. The van der Waals surface area contributed by atoms with E-state index in [9.17, 15) is 4.79 Å². The molecule has 0 radical (unpaired) electrons. The van der Waals surface area contributed by atoms with Crippen molar-refractivity contribution in [3.8, 4) is 0 Å². The van der Waals surface area contributed by atoms with Gasteiger partial charge in [-0.1, -0.05) is 60.7 Å². The number of amides is 1. The number of halogens is 1. The molecule has 0 saturated carbocycles. The monoisotopic (exact) mass is 384 g/mol. The Balaban J connectivity index is 0.00000210. The van der Waals surface area contributed by atoms with Gasteiger partial charge in [-0.05, 0) is 49.1 Å². The summed E-state index contributed by atoms with van der Waals surface area (Å²) in [5.41, 5.74) is 2.53. The zero-order valence-corrected chi connectivity index (χ0v) is 16.5. The molecule has 1 amide bonds. The van der Waals surface area contributed by atoms with Crippen LogP contribution in [0.25, 0.3) is 0 Å². The Hall–Kier alpha value is -1.84. The molecular formula is C23H29ClN2O. The van der Waals surface area contributed by atoms with Gasteiger partial charge in [0.25, 0.3) is 0 Å². The van der Waals surface area contributed by atoms with Crippen molar-refractivity contribution in [1.29, 1.82) is 0 Å². The van der Waals surface area contributed by atoms with Crippen molar-refractivity contribution in [3.05, 3.63) is 71.8 Å². The fourth-order valence-corrected chi connectivity index (χ4v) is 4.62. The fraction of sp³-hybridized carbons (Fsp3) is 0.435. The van der Waals surface area contributed by atoms with Crippen molar-refractivity contribution in [2.75, 3.05) is 0 Å².